The summed E-state index contributed by atoms with van der Waals surface area (Å²) in [6.07, 6.45) is 0. The summed E-state index contributed by atoms with van der Waals surface area (Å²) in [5.41, 5.74) is 0.369. The van der Waals surface area contributed by atoms with Crippen molar-refractivity contribution in [1.29, 1.82) is 0 Å². The van der Waals surface area contributed by atoms with E-state index in [1.807, 2.05) is 17.5 Å². The molecule has 3 rings (SSSR count). The molecule has 1 aromatic carbocycles. The number of nitrogens with zero attached hydrogens (tertiary/aromatic N) is 1. The van der Waals surface area contributed by atoms with Gasteiger partial charge in [-0.2, -0.15) is 0 Å². The molecule has 2 heterocycles. The summed E-state index contributed by atoms with van der Waals surface area (Å²) in [6, 6.07) is 7.96. The summed E-state index contributed by atoms with van der Waals surface area (Å²) in [6.45, 7) is 1.94. The highest BCUT2D eigenvalue weighted by Gasteiger charge is 2.42. The molecule has 0 bridgehead atoms. The minimum atomic E-state index is -3.70. The predicted octanol–water partition coefficient (Wildman–Crippen LogP) is 2.64. The second-order valence-electron chi connectivity index (χ2n) is 5.71. The number of halogens is 1. The molecule has 1 fully saturated rings. The first kappa shape index (κ1) is 17.9. The number of carbonyl (C=O) groups is 2. The van der Waals surface area contributed by atoms with E-state index in [2.05, 4.69) is 5.32 Å². The van der Waals surface area contributed by atoms with Crippen LogP contribution in [0.5, 0.6) is 0 Å². The van der Waals surface area contributed by atoms with Crippen LogP contribution in [0.1, 0.15) is 22.2 Å². The van der Waals surface area contributed by atoms with Crippen molar-refractivity contribution in [3.63, 3.8) is 0 Å². The first-order valence-corrected chi connectivity index (χ1v) is 10.3. The van der Waals surface area contributed by atoms with E-state index < -0.39 is 21.8 Å². The Kier molecular flexibility index (Phi) is 4.86. The van der Waals surface area contributed by atoms with Gasteiger partial charge >= 0.3 is 0 Å². The SMILES string of the molecule is CC1CS(=O)(=O)N(c2ccc(C(=O)NCc3cccs3)c(Cl)c2)C1=O. The Labute approximate surface area is 154 Å². The van der Waals surface area contributed by atoms with Crippen molar-refractivity contribution < 1.29 is 18.0 Å². The molecule has 9 heteroatoms. The summed E-state index contributed by atoms with van der Waals surface area (Å²) in [7, 11) is -3.70. The predicted molar refractivity (Wildman–Crippen MR) is 97.4 cm³/mol. The van der Waals surface area contributed by atoms with Gasteiger partial charge in [0, 0.05) is 4.88 Å². The van der Waals surface area contributed by atoms with Crippen LogP contribution in [0.4, 0.5) is 5.69 Å². The van der Waals surface area contributed by atoms with E-state index in [1.165, 1.54) is 29.5 Å². The van der Waals surface area contributed by atoms with E-state index in [0.29, 0.717) is 6.54 Å². The van der Waals surface area contributed by atoms with E-state index in [0.717, 1.165) is 9.18 Å². The van der Waals surface area contributed by atoms with Gasteiger partial charge in [0.2, 0.25) is 15.9 Å². The van der Waals surface area contributed by atoms with E-state index in [9.17, 15) is 18.0 Å². The van der Waals surface area contributed by atoms with Gasteiger partial charge in [0.1, 0.15) is 0 Å². The molecule has 2 aromatic rings. The molecule has 132 valence electrons. The molecule has 0 aliphatic carbocycles. The Morgan fingerprint density at radius 1 is 1.40 bits per heavy atom. The Hall–Kier alpha value is -1.90. The number of rotatable bonds is 4. The fourth-order valence-corrected chi connectivity index (χ4v) is 5.29. The first-order valence-electron chi connectivity index (χ1n) is 7.46. The first-order chi connectivity index (χ1) is 11.8. The van der Waals surface area contributed by atoms with Crippen LogP contribution >= 0.6 is 22.9 Å². The molecular formula is C16H15ClN2O4S2. The monoisotopic (exact) mass is 398 g/mol. The van der Waals surface area contributed by atoms with Crippen LogP contribution in [0, 0.1) is 5.92 Å². The van der Waals surface area contributed by atoms with Crippen LogP contribution in [0.15, 0.2) is 35.7 Å². The summed E-state index contributed by atoms with van der Waals surface area (Å²) in [4.78, 5) is 25.4. The number of thiophene rings is 1. The smallest absolute Gasteiger partial charge is 0.253 e. The zero-order valence-corrected chi connectivity index (χ0v) is 15.6. The van der Waals surface area contributed by atoms with Crippen LogP contribution in [0.25, 0.3) is 0 Å². The lowest BCUT2D eigenvalue weighted by Gasteiger charge is -2.16. The fraction of sp³-hybridized carbons (Fsp3) is 0.250. The molecule has 0 spiro atoms. The van der Waals surface area contributed by atoms with Gasteiger partial charge in [-0.15, -0.1) is 11.3 Å². The highest BCUT2D eigenvalue weighted by Crippen LogP contribution is 2.31. The molecule has 1 aliphatic heterocycles. The van der Waals surface area contributed by atoms with Crippen LogP contribution in [0.3, 0.4) is 0 Å². The number of amides is 2. The maximum atomic E-state index is 12.2. The van der Waals surface area contributed by atoms with Crippen molar-refractivity contribution in [2.45, 2.75) is 13.5 Å². The van der Waals surface area contributed by atoms with Gasteiger partial charge in [0.05, 0.1) is 34.5 Å². The minimum Gasteiger partial charge on any atom is -0.347 e. The molecule has 2 amide bonds. The number of hydrogen-bond acceptors (Lipinski definition) is 5. The highest BCUT2D eigenvalue weighted by molar-refractivity contribution is 7.94. The number of benzene rings is 1. The average molecular weight is 399 g/mol. The van der Waals surface area contributed by atoms with Gasteiger partial charge in [-0.25, -0.2) is 12.7 Å². The van der Waals surface area contributed by atoms with Crippen LogP contribution in [-0.2, 0) is 21.4 Å². The van der Waals surface area contributed by atoms with E-state index in [-0.39, 0.29) is 27.9 Å². The lowest BCUT2D eigenvalue weighted by atomic mass is 10.1. The van der Waals surface area contributed by atoms with Crippen molar-refractivity contribution in [1.82, 2.24) is 5.32 Å². The largest absolute Gasteiger partial charge is 0.347 e. The molecule has 0 saturated carbocycles. The van der Waals surface area contributed by atoms with E-state index in [1.54, 1.807) is 6.92 Å². The molecule has 1 atom stereocenters. The van der Waals surface area contributed by atoms with Crippen LogP contribution < -0.4 is 9.62 Å². The second-order valence-corrected chi connectivity index (χ2v) is 9.01. The van der Waals surface area contributed by atoms with E-state index in [4.69, 9.17) is 11.6 Å². The maximum absolute atomic E-state index is 12.2. The third kappa shape index (κ3) is 3.56. The van der Waals surface area contributed by atoms with Gasteiger partial charge in [-0.3, -0.25) is 9.59 Å². The van der Waals surface area contributed by atoms with Gasteiger partial charge in [0.25, 0.3) is 5.91 Å². The number of hydrogen-bond donors (Lipinski definition) is 1. The normalized spacial score (nSPS) is 19.2. The van der Waals surface area contributed by atoms with Crippen molar-refractivity contribution in [2.75, 3.05) is 10.1 Å². The maximum Gasteiger partial charge on any atom is 0.253 e. The summed E-state index contributed by atoms with van der Waals surface area (Å²) < 4.78 is 25.0. The molecular weight excluding hydrogens is 384 g/mol. The zero-order chi connectivity index (χ0) is 18.2. The zero-order valence-electron chi connectivity index (χ0n) is 13.2. The third-order valence-corrected chi connectivity index (χ3v) is 6.85. The van der Waals surface area contributed by atoms with E-state index >= 15 is 0 Å². The topological polar surface area (TPSA) is 83.6 Å². The van der Waals surface area contributed by atoms with Gasteiger partial charge in [-0.05, 0) is 29.6 Å². The Bertz CT molecular complexity index is 926. The molecule has 1 N–H and O–H groups in total. The summed E-state index contributed by atoms with van der Waals surface area (Å²) in [5, 5.41) is 4.75. The number of anilines is 1. The second kappa shape index (κ2) is 6.78. The molecule has 25 heavy (non-hydrogen) atoms. The lowest BCUT2D eigenvalue weighted by Crippen LogP contribution is -2.30. The van der Waals surface area contributed by atoms with Crippen LogP contribution in [0.2, 0.25) is 5.02 Å². The van der Waals surface area contributed by atoms with Gasteiger partial charge in [0.15, 0.2) is 0 Å². The Balaban J connectivity index is 1.81. The number of nitrogens with one attached hydrogen (secondary N) is 1. The summed E-state index contributed by atoms with van der Waals surface area (Å²) >= 11 is 7.67. The minimum absolute atomic E-state index is 0.0868. The molecule has 1 saturated heterocycles. The Morgan fingerprint density at radius 3 is 2.72 bits per heavy atom. The lowest BCUT2D eigenvalue weighted by molar-refractivity contribution is -0.119. The van der Waals surface area contributed by atoms with Gasteiger partial charge in [-0.1, -0.05) is 24.6 Å². The van der Waals surface area contributed by atoms with Gasteiger partial charge < -0.3 is 5.32 Å². The Morgan fingerprint density at radius 2 is 2.16 bits per heavy atom. The molecule has 1 unspecified atom stereocenters. The number of carbonyl (C=O) groups excluding carboxylic acids is 2. The fourth-order valence-electron chi connectivity index (χ4n) is 2.58. The highest BCUT2D eigenvalue weighted by atomic mass is 35.5. The van der Waals surface area contributed by atoms with Crippen molar-refractivity contribution in [3.8, 4) is 0 Å². The summed E-state index contributed by atoms with van der Waals surface area (Å²) in [5.74, 6) is -1.69. The van der Waals surface area contributed by atoms with Crippen molar-refractivity contribution >= 4 is 50.5 Å². The third-order valence-electron chi connectivity index (χ3n) is 3.80. The molecule has 0 radical (unpaired) electrons. The molecule has 6 nitrogen and oxygen atoms in total. The average Bonchev–Trinajstić information content (AvgIpc) is 3.11. The molecule has 1 aliphatic rings. The number of sulfonamides is 1. The quantitative estimate of drug-likeness (QED) is 0.858. The van der Waals surface area contributed by atoms with Crippen molar-refractivity contribution in [2.24, 2.45) is 5.92 Å². The van der Waals surface area contributed by atoms with Crippen LogP contribution in [-0.4, -0.2) is 26.0 Å². The standard InChI is InChI=1S/C16H15ClN2O4S2/c1-10-9-25(22,23)19(16(10)21)11-4-5-13(14(17)7-11)15(20)18-8-12-3-2-6-24-12/h2-7,10H,8-9H2,1H3,(H,18,20). The van der Waals surface area contributed by atoms with Crippen molar-refractivity contribution in [3.05, 3.63) is 51.2 Å². The molecule has 1 aromatic heterocycles.